The summed E-state index contributed by atoms with van der Waals surface area (Å²) in [6, 6.07) is 3.89. The maximum absolute atomic E-state index is 12.5. The number of amides is 1. The zero-order valence-electron chi connectivity index (χ0n) is 11.8. The summed E-state index contributed by atoms with van der Waals surface area (Å²) in [5, 5.41) is 6.52. The zero-order chi connectivity index (χ0) is 13.7. The Balaban J connectivity index is 2.03. The van der Waals surface area contributed by atoms with Crippen molar-refractivity contribution in [2.24, 2.45) is 0 Å². The molecule has 104 valence electrons. The van der Waals surface area contributed by atoms with Crippen molar-refractivity contribution in [1.29, 1.82) is 0 Å². The van der Waals surface area contributed by atoms with Crippen LogP contribution in [0.25, 0.3) is 0 Å². The normalized spacial score (nSPS) is 24.1. The third-order valence-corrected chi connectivity index (χ3v) is 3.89. The number of hydrogen-bond acceptors (Lipinski definition) is 3. The van der Waals surface area contributed by atoms with Gasteiger partial charge < -0.3 is 10.6 Å². The molecule has 0 bridgehead atoms. The quantitative estimate of drug-likeness (QED) is 0.854. The lowest BCUT2D eigenvalue weighted by molar-refractivity contribution is -0.128. The van der Waals surface area contributed by atoms with Gasteiger partial charge in [0.1, 0.15) is 0 Å². The van der Waals surface area contributed by atoms with Crippen molar-refractivity contribution in [2.75, 3.05) is 6.54 Å². The lowest BCUT2D eigenvalue weighted by Gasteiger charge is -2.29. The molecule has 1 amide bonds. The number of nitrogens with one attached hydrogen (secondary N) is 2. The number of nitrogens with zero attached hydrogens (tertiary/aromatic N) is 1. The first-order valence-electron chi connectivity index (χ1n) is 7.14. The van der Waals surface area contributed by atoms with E-state index in [1.54, 1.807) is 12.4 Å². The first-order valence-corrected chi connectivity index (χ1v) is 7.14. The van der Waals surface area contributed by atoms with Crippen molar-refractivity contribution in [2.45, 2.75) is 51.1 Å². The molecule has 4 nitrogen and oxygen atoms in total. The van der Waals surface area contributed by atoms with Crippen LogP contribution in [0.3, 0.4) is 0 Å². The third-order valence-electron chi connectivity index (χ3n) is 3.89. The number of rotatable bonds is 5. The Hall–Kier alpha value is -1.42. The van der Waals surface area contributed by atoms with E-state index in [0.29, 0.717) is 0 Å². The van der Waals surface area contributed by atoms with Gasteiger partial charge in [-0.25, -0.2) is 0 Å². The van der Waals surface area contributed by atoms with E-state index in [4.69, 9.17) is 0 Å². The number of carbonyl (C=O) groups is 1. The van der Waals surface area contributed by atoms with Gasteiger partial charge in [-0.05, 0) is 44.4 Å². The van der Waals surface area contributed by atoms with Crippen LogP contribution in [-0.2, 0) is 4.79 Å². The van der Waals surface area contributed by atoms with Crippen LogP contribution < -0.4 is 10.6 Å². The highest BCUT2D eigenvalue weighted by atomic mass is 16.2. The fourth-order valence-corrected chi connectivity index (χ4v) is 2.80. The second-order valence-electron chi connectivity index (χ2n) is 5.34. The Morgan fingerprint density at radius 1 is 1.63 bits per heavy atom. The highest BCUT2D eigenvalue weighted by Gasteiger charge is 2.40. The van der Waals surface area contributed by atoms with Crippen LogP contribution in [0.1, 0.15) is 51.1 Å². The summed E-state index contributed by atoms with van der Waals surface area (Å²) in [6.45, 7) is 5.07. The average molecular weight is 261 g/mol. The Bertz CT molecular complexity index is 413. The lowest BCUT2D eigenvalue weighted by Crippen LogP contribution is -2.53. The standard InChI is InChI=1S/C15H23N3O/c1-3-7-15(8-5-10-17-15)14(19)18-12(2)13-6-4-9-16-11-13/h4,6,9,11-12,17H,3,5,7-8,10H2,1-2H3,(H,18,19). The minimum atomic E-state index is -0.356. The van der Waals surface area contributed by atoms with Crippen LogP contribution in [-0.4, -0.2) is 23.0 Å². The predicted molar refractivity (Wildman–Crippen MR) is 75.7 cm³/mol. The Kier molecular flexibility index (Phi) is 4.53. The van der Waals surface area contributed by atoms with Crippen LogP contribution in [0.15, 0.2) is 24.5 Å². The van der Waals surface area contributed by atoms with Gasteiger partial charge in [0, 0.05) is 12.4 Å². The lowest BCUT2D eigenvalue weighted by atomic mass is 9.90. The fraction of sp³-hybridized carbons (Fsp3) is 0.600. The highest BCUT2D eigenvalue weighted by molar-refractivity contribution is 5.87. The van der Waals surface area contributed by atoms with Crippen LogP contribution in [0, 0.1) is 0 Å². The van der Waals surface area contributed by atoms with Gasteiger partial charge >= 0.3 is 0 Å². The summed E-state index contributed by atoms with van der Waals surface area (Å²) < 4.78 is 0. The van der Waals surface area contributed by atoms with Gasteiger partial charge in [-0.3, -0.25) is 9.78 Å². The van der Waals surface area contributed by atoms with Crippen LogP contribution in [0.5, 0.6) is 0 Å². The van der Waals surface area contributed by atoms with E-state index in [9.17, 15) is 4.79 Å². The van der Waals surface area contributed by atoms with E-state index < -0.39 is 0 Å². The zero-order valence-corrected chi connectivity index (χ0v) is 11.8. The van der Waals surface area contributed by atoms with E-state index in [0.717, 1.165) is 37.8 Å². The SMILES string of the molecule is CCCC1(C(=O)NC(C)c2cccnc2)CCCN1. The van der Waals surface area contributed by atoms with Gasteiger partial charge in [-0.1, -0.05) is 19.4 Å². The van der Waals surface area contributed by atoms with Gasteiger partial charge in [0.15, 0.2) is 0 Å². The molecule has 1 saturated heterocycles. The number of aromatic nitrogens is 1. The van der Waals surface area contributed by atoms with Gasteiger partial charge in [0.2, 0.25) is 5.91 Å². The minimum Gasteiger partial charge on any atom is -0.348 e. The van der Waals surface area contributed by atoms with E-state index >= 15 is 0 Å². The Morgan fingerprint density at radius 2 is 2.47 bits per heavy atom. The predicted octanol–water partition coefficient (Wildman–Crippen LogP) is 2.18. The Morgan fingerprint density at radius 3 is 3.05 bits per heavy atom. The molecule has 0 saturated carbocycles. The maximum atomic E-state index is 12.5. The number of pyridine rings is 1. The summed E-state index contributed by atoms with van der Waals surface area (Å²) in [6.07, 6.45) is 7.48. The molecule has 2 rings (SSSR count). The minimum absolute atomic E-state index is 0.00247. The van der Waals surface area contributed by atoms with Crippen molar-refractivity contribution in [1.82, 2.24) is 15.6 Å². The van der Waals surface area contributed by atoms with Crippen molar-refractivity contribution in [3.63, 3.8) is 0 Å². The number of carbonyl (C=O) groups excluding carboxylic acids is 1. The summed E-state index contributed by atoms with van der Waals surface area (Å²) in [5.41, 5.74) is 0.686. The van der Waals surface area contributed by atoms with E-state index in [1.165, 1.54) is 0 Å². The van der Waals surface area contributed by atoms with Gasteiger partial charge in [0.25, 0.3) is 0 Å². The molecule has 1 aromatic heterocycles. The molecule has 2 atom stereocenters. The largest absolute Gasteiger partial charge is 0.348 e. The molecule has 2 unspecified atom stereocenters. The van der Waals surface area contributed by atoms with Gasteiger partial charge in [-0.15, -0.1) is 0 Å². The van der Waals surface area contributed by atoms with E-state index in [1.807, 2.05) is 19.1 Å². The summed E-state index contributed by atoms with van der Waals surface area (Å²) in [7, 11) is 0. The van der Waals surface area contributed by atoms with Gasteiger partial charge in [0.05, 0.1) is 11.6 Å². The molecule has 1 aliphatic rings. The molecule has 1 aromatic rings. The second kappa shape index (κ2) is 6.15. The third kappa shape index (κ3) is 3.13. The Labute approximate surface area is 115 Å². The molecule has 1 aliphatic heterocycles. The highest BCUT2D eigenvalue weighted by Crippen LogP contribution is 2.26. The monoisotopic (exact) mass is 261 g/mol. The number of hydrogen-bond donors (Lipinski definition) is 2. The van der Waals surface area contributed by atoms with Crippen molar-refractivity contribution < 1.29 is 4.79 Å². The van der Waals surface area contributed by atoms with E-state index in [2.05, 4.69) is 22.5 Å². The molecule has 0 spiro atoms. The average Bonchev–Trinajstić information content (AvgIpc) is 2.90. The van der Waals surface area contributed by atoms with Crippen molar-refractivity contribution >= 4 is 5.91 Å². The summed E-state index contributed by atoms with van der Waals surface area (Å²) in [4.78, 5) is 16.6. The molecule has 1 fully saturated rings. The first-order chi connectivity index (χ1) is 9.18. The fourth-order valence-electron chi connectivity index (χ4n) is 2.80. The van der Waals surface area contributed by atoms with Crippen LogP contribution >= 0.6 is 0 Å². The molecular weight excluding hydrogens is 238 g/mol. The molecule has 19 heavy (non-hydrogen) atoms. The van der Waals surface area contributed by atoms with E-state index in [-0.39, 0.29) is 17.5 Å². The smallest absolute Gasteiger partial charge is 0.240 e. The maximum Gasteiger partial charge on any atom is 0.240 e. The molecular formula is C15H23N3O. The van der Waals surface area contributed by atoms with Crippen molar-refractivity contribution in [3.8, 4) is 0 Å². The molecule has 0 radical (unpaired) electrons. The van der Waals surface area contributed by atoms with Crippen molar-refractivity contribution in [3.05, 3.63) is 30.1 Å². The first kappa shape index (κ1) is 14.0. The summed E-state index contributed by atoms with van der Waals surface area (Å²) in [5.74, 6) is 0.128. The van der Waals surface area contributed by atoms with Crippen LogP contribution in [0.4, 0.5) is 0 Å². The van der Waals surface area contributed by atoms with Gasteiger partial charge in [-0.2, -0.15) is 0 Å². The molecule has 2 heterocycles. The second-order valence-corrected chi connectivity index (χ2v) is 5.34. The molecule has 2 N–H and O–H groups in total. The molecule has 0 aromatic carbocycles. The molecule has 4 heteroatoms. The van der Waals surface area contributed by atoms with Crippen LogP contribution in [0.2, 0.25) is 0 Å². The summed E-state index contributed by atoms with van der Waals surface area (Å²) >= 11 is 0. The molecule has 0 aliphatic carbocycles. The topological polar surface area (TPSA) is 54.0 Å².